The summed E-state index contributed by atoms with van der Waals surface area (Å²) >= 11 is 0. The molecule has 3 aromatic heterocycles. The number of hydrogen-bond donors (Lipinski definition) is 1. The van der Waals surface area contributed by atoms with Crippen molar-refractivity contribution in [3.05, 3.63) is 65.6 Å². The van der Waals surface area contributed by atoms with Gasteiger partial charge in [0.1, 0.15) is 11.7 Å². The highest BCUT2D eigenvalue weighted by atomic mass is 19.3. The quantitative estimate of drug-likeness (QED) is 0.490. The van der Waals surface area contributed by atoms with E-state index in [4.69, 9.17) is 4.74 Å². The van der Waals surface area contributed by atoms with Crippen LogP contribution in [0.15, 0.2) is 43.4 Å². The number of halogens is 3. The zero-order chi connectivity index (χ0) is 23.5. The summed E-state index contributed by atoms with van der Waals surface area (Å²) in [6, 6.07) is 3.18. The third-order valence-electron chi connectivity index (χ3n) is 4.92. The van der Waals surface area contributed by atoms with Crippen LogP contribution in [0, 0.1) is 6.92 Å². The number of fused-ring (bicyclic) bond motifs is 1. The standard InChI is InChI=1S/C23H25F3N4O2/c1-5-6-23(25,26)17-8-16(22(32-4)29-11-17)12-30-13-18(21(31)28-10-15(3)24)20-19(30)7-14(2)9-27-20/h5,7-9,11,13,15H,1,6,10,12H2,2-4H3,(H,28,31). The number of amides is 1. The van der Waals surface area contributed by atoms with Gasteiger partial charge in [-0.1, -0.05) is 6.08 Å². The van der Waals surface area contributed by atoms with Gasteiger partial charge in [0.15, 0.2) is 0 Å². The number of aromatic nitrogens is 3. The van der Waals surface area contributed by atoms with Crippen LogP contribution in [-0.2, 0) is 12.5 Å². The Hall–Kier alpha value is -3.36. The first-order valence-corrected chi connectivity index (χ1v) is 10.1. The zero-order valence-corrected chi connectivity index (χ0v) is 18.2. The van der Waals surface area contributed by atoms with Crippen molar-refractivity contribution in [2.24, 2.45) is 0 Å². The normalized spacial score (nSPS) is 12.6. The van der Waals surface area contributed by atoms with Gasteiger partial charge in [0, 0.05) is 42.7 Å². The maximum absolute atomic E-state index is 14.4. The third-order valence-corrected chi connectivity index (χ3v) is 4.92. The second kappa shape index (κ2) is 9.42. The summed E-state index contributed by atoms with van der Waals surface area (Å²) in [6.45, 7) is 6.57. The van der Waals surface area contributed by atoms with Gasteiger partial charge in [-0.15, -0.1) is 6.58 Å². The van der Waals surface area contributed by atoms with E-state index in [0.717, 1.165) is 17.8 Å². The molecule has 3 heterocycles. The van der Waals surface area contributed by atoms with Gasteiger partial charge in [0.05, 0.1) is 24.7 Å². The molecule has 3 aromatic rings. The molecule has 0 spiro atoms. The van der Waals surface area contributed by atoms with Gasteiger partial charge in [0.25, 0.3) is 11.8 Å². The number of methoxy groups -OCH3 is 1. The van der Waals surface area contributed by atoms with E-state index >= 15 is 0 Å². The Morgan fingerprint density at radius 3 is 2.75 bits per heavy atom. The minimum Gasteiger partial charge on any atom is -0.481 e. The van der Waals surface area contributed by atoms with Crippen LogP contribution >= 0.6 is 0 Å². The number of hydrogen-bond acceptors (Lipinski definition) is 4. The second-order valence-electron chi connectivity index (χ2n) is 7.63. The van der Waals surface area contributed by atoms with Crippen molar-refractivity contribution in [1.29, 1.82) is 0 Å². The Morgan fingerprint density at radius 1 is 1.34 bits per heavy atom. The van der Waals surface area contributed by atoms with Crippen molar-refractivity contribution in [1.82, 2.24) is 19.9 Å². The molecule has 3 rings (SSSR count). The summed E-state index contributed by atoms with van der Waals surface area (Å²) in [6.07, 6.45) is 3.72. The minimum atomic E-state index is -3.12. The Bertz CT molecular complexity index is 1140. The van der Waals surface area contributed by atoms with Crippen molar-refractivity contribution < 1.29 is 22.7 Å². The van der Waals surface area contributed by atoms with Crippen molar-refractivity contribution in [3.63, 3.8) is 0 Å². The molecule has 0 radical (unpaired) electrons. The lowest BCUT2D eigenvalue weighted by molar-refractivity contribution is -0.00135. The molecule has 0 aromatic carbocycles. The average Bonchev–Trinajstić information content (AvgIpc) is 3.09. The van der Waals surface area contributed by atoms with Crippen LogP contribution in [0.1, 0.15) is 40.4 Å². The zero-order valence-electron chi connectivity index (χ0n) is 18.2. The van der Waals surface area contributed by atoms with Gasteiger partial charge in [-0.25, -0.2) is 18.2 Å². The molecule has 0 saturated heterocycles. The summed E-state index contributed by atoms with van der Waals surface area (Å²) in [5.41, 5.74) is 2.34. The van der Waals surface area contributed by atoms with E-state index in [-0.39, 0.29) is 30.1 Å². The Balaban J connectivity index is 2.06. The average molecular weight is 446 g/mol. The molecule has 6 nitrogen and oxygen atoms in total. The SMILES string of the molecule is C=CCC(F)(F)c1cnc(OC)c(Cn2cc(C(=O)NCC(C)F)c3ncc(C)cc32)c1. The maximum Gasteiger partial charge on any atom is 0.278 e. The summed E-state index contributed by atoms with van der Waals surface area (Å²) in [4.78, 5) is 21.0. The number of allylic oxidation sites excluding steroid dienone is 1. The first kappa shape index (κ1) is 23.3. The lowest BCUT2D eigenvalue weighted by atomic mass is 10.1. The Morgan fingerprint density at radius 2 is 2.09 bits per heavy atom. The van der Waals surface area contributed by atoms with Gasteiger partial charge in [-0.05, 0) is 31.5 Å². The number of nitrogens with one attached hydrogen (secondary N) is 1. The first-order chi connectivity index (χ1) is 15.2. The predicted octanol–water partition coefficient (Wildman–Crippen LogP) is 4.55. The van der Waals surface area contributed by atoms with Crippen LogP contribution in [0.4, 0.5) is 13.2 Å². The van der Waals surface area contributed by atoms with E-state index in [1.54, 1.807) is 17.0 Å². The lowest BCUT2D eigenvalue weighted by Gasteiger charge is -2.17. The Labute approximate surface area is 184 Å². The molecule has 0 aliphatic carbocycles. The molecule has 9 heteroatoms. The highest BCUT2D eigenvalue weighted by Gasteiger charge is 2.31. The maximum atomic E-state index is 14.4. The molecule has 170 valence electrons. The number of alkyl halides is 3. The molecule has 0 aliphatic rings. The van der Waals surface area contributed by atoms with Crippen LogP contribution in [0.2, 0.25) is 0 Å². The highest BCUT2D eigenvalue weighted by molar-refractivity contribution is 6.05. The number of ether oxygens (including phenoxy) is 1. The van der Waals surface area contributed by atoms with Crippen molar-refractivity contribution in [2.75, 3.05) is 13.7 Å². The molecule has 1 atom stereocenters. The second-order valence-corrected chi connectivity index (χ2v) is 7.63. The third kappa shape index (κ3) is 4.92. The number of carbonyl (C=O) groups excluding carboxylic acids is 1. The topological polar surface area (TPSA) is 69.0 Å². The molecule has 32 heavy (non-hydrogen) atoms. The van der Waals surface area contributed by atoms with E-state index in [9.17, 15) is 18.0 Å². The summed E-state index contributed by atoms with van der Waals surface area (Å²) in [7, 11) is 1.41. The van der Waals surface area contributed by atoms with Crippen LogP contribution in [0.25, 0.3) is 11.0 Å². The molecule has 0 bridgehead atoms. The Kier molecular flexibility index (Phi) is 6.86. The van der Waals surface area contributed by atoms with Crippen LogP contribution < -0.4 is 10.1 Å². The molecule has 1 N–H and O–H groups in total. The predicted molar refractivity (Wildman–Crippen MR) is 116 cm³/mol. The molecule has 0 fully saturated rings. The van der Waals surface area contributed by atoms with Crippen molar-refractivity contribution >= 4 is 16.9 Å². The number of nitrogens with zero attached hydrogens (tertiary/aromatic N) is 3. The van der Waals surface area contributed by atoms with Gasteiger partial charge in [0.2, 0.25) is 5.88 Å². The summed E-state index contributed by atoms with van der Waals surface area (Å²) in [5.74, 6) is -3.39. The van der Waals surface area contributed by atoms with E-state index in [1.807, 2.05) is 13.0 Å². The number of rotatable bonds is 9. The number of aryl methyl sites for hydroxylation is 1. The van der Waals surface area contributed by atoms with Crippen molar-refractivity contribution in [3.8, 4) is 5.88 Å². The number of pyridine rings is 2. The highest BCUT2D eigenvalue weighted by Crippen LogP contribution is 2.34. The molecule has 1 amide bonds. The van der Waals surface area contributed by atoms with Crippen molar-refractivity contribution in [2.45, 2.75) is 38.9 Å². The van der Waals surface area contributed by atoms with Gasteiger partial charge in [-0.2, -0.15) is 0 Å². The van der Waals surface area contributed by atoms with Crippen LogP contribution in [0.5, 0.6) is 5.88 Å². The van der Waals surface area contributed by atoms with E-state index < -0.39 is 24.4 Å². The van der Waals surface area contributed by atoms with E-state index in [1.165, 1.54) is 20.1 Å². The first-order valence-electron chi connectivity index (χ1n) is 10.1. The molecule has 1 unspecified atom stereocenters. The van der Waals surface area contributed by atoms with Crippen LogP contribution in [-0.4, -0.2) is 40.3 Å². The minimum absolute atomic E-state index is 0.114. The van der Waals surface area contributed by atoms with Crippen LogP contribution in [0.3, 0.4) is 0 Å². The monoisotopic (exact) mass is 446 g/mol. The largest absolute Gasteiger partial charge is 0.481 e. The van der Waals surface area contributed by atoms with E-state index in [0.29, 0.717) is 16.6 Å². The fourth-order valence-corrected chi connectivity index (χ4v) is 3.37. The lowest BCUT2D eigenvalue weighted by Crippen LogP contribution is -2.28. The number of carbonyl (C=O) groups is 1. The molecule has 0 aliphatic heterocycles. The summed E-state index contributed by atoms with van der Waals surface area (Å²) < 4.78 is 49.0. The fourth-order valence-electron chi connectivity index (χ4n) is 3.37. The molecular formula is C23H25F3N4O2. The van der Waals surface area contributed by atoms with E-state index in [2.05, 4.69) is 21.9 Å². The van der Waals surface area contributed by atoms with Gasteiger partial charge in [-0.3, -0.25) is 9.78 Å². The van der Waals surface area contributed by atoms with Gasteiger partial charge < -0.3 is 14.6 Å². The fraction of sp³-hybridized carbons (Fsp3) is 0.348. The molecular weight excluding hydrogens is 421 g/mol. The van der Waals surface area contributed by atoms with Gasteiger partial charge >= 0.3 is 0 Å². The smallest absolute Gasteiger partial charge is 0.278 e. The summed E-state index contributed by atoms with van der Waals surface area (Å²) in [5, 5.41) is 2.54. The molecule has 0 saturated carbocycles.